The molecule has 0 aliphatic rings. The van der Waals surface area contributed by atoms with Crippen LogP contribution < -0.4 is 11.1 Å². The number of ether oxygens (including phenoxy) is 1. The molecule has 8 heteroatoms. The topological polar surface area (TPSA) is 124 Å². The molecule has 1 heterocycles. The number of aryl methyl sites for hydroxylation is 1. The molecule has 1 atom stereocenters. The van der Waals surface area contributed by atoms with Crippen LogP contribution in [0.2, 0.25) is 0 Å². The van der Waals surface area contributed by atoms with Gasteiger partial charge in [-0.15, -0.1) is 0 Å². The lowest BCUT2D eigenvalue weighted by Crippen LogP contribution is -2.30. The monoisotopic (exact) mass is 328 g/mol. The lowest BCUT2D eigenvalue weighted by molar-refractivity contribution is -0.123. The molecule has 2 amide bonds. The molecule has 0 radical (unpaired) electrons. The van der Waals surface area contributed by atoms with E-state index in [-0.39, 0.29) is 5.69 Å². The normalized spacial score (nSPS) is 11.4. The number of anilines is 1. The van der Waals surface area contributed by atoms with Crippen molar-refractivity contribution in [1.29, 1.82) is 0 Å². The molecule has 2 rings (SSSR count). The lowest BCUT2D eigenvalue weighted by atomic mass is 10.2. The molecule has 0 fully saturated rings. The third kappa shape index (κ3) is 4.35. The molecule has 0 spiro atoms. The van der Waals surface area contributed by atoms with Crippen LogP contribution in [0.5, 0.6) is 0 Å². The molecule has 1 aromatic heterocycles. The fourth-order valence-corrected chi connectivity index (χ4v) is 1.73. The van der Waals surface area contributed by atoms with E-state index in [0.717, 1.165) is 0 Å². The van der Waals surface area contributed by atoms with E-state index in [2.05, 4.69) is 15.3 Å². The van der Waals surface area contributed by atoms with Crippen molar-refractivity contribution >= 4 is 23.5 Å². The van der Waals surface area contributed by atoms with Crippen LogP contribution >= 0.6 is 0 Å². The number of nitrogens with zero attached hydrogens (tertiary/aromatic N) is 2. The number of amides is 2. The van der Waals surface area contributed by atoms with E-state index < -0.39 is 23.9 Å². The van der Waals surface area contributed by atoms with Crippen LogP contribution in [0.15, 0.2) is 36.7 Å². The minimum absolute atomic E-state index is 0.0195. The third-order valence-electron chi connectivity index (χ3n) is 3.08. The molecule has 3 N–H and O–H groups in total. The van der Waals surface area contributed by atoms with Crippen molar-refractivity contribution in [1.82, 2.24) is 9.97 Å². The smallest absolute Gasteiger partial charge is 0.359 e. The summed E-state index contributed by atoms with van der Waals surface area (Å²) in [4.78, 5) is 42.7. The summed E-state index contributed by atoms with van der Waals surface area (Å²) in [6.07, 6.45) is 1.68. The number of esters is 1. The molecular weight excluding hydrogens is 312 g/mol. The molecule has 124 valence electrons. The first-order valence-corrected chi connectivity index (χ1v) is 7.07. The van der Waals surface area contributed by atoms with Gasteiger partial charge in [0, 0.05) is 17.4 Å². The van der Waals surface area contributed by atoms with Gasteiger partial charge in [-0.1, -0.05) is 0 Å². The van der Waals surface area contributed by atoms with Crippen LogP contribution in [0.25, 0.3) is 0 Å². The minimum atomic E-state index is -1.03. The van der Waals surface area contributed by atoms with Crippen LogP contribution in [0, 0.1) is 6.92 Å². The molecule has 8 nitrogen and oxygen atoms in total. The number of nitrogens with one attached hydrogen (secondary N) is 1. The first-order valence-electron chi connectivity index (χ1n) is 7.07. The van der Waals surface area contributed by atoms with Crippen molar-refractivity contribution in [3.05, 3.63) is 53.6 Å². The standard InChI is InChI=1S/C16H16N4O4/c1-9-7-19-13(8-18-9)16(23)24-10(2)15(22)20-12-5-3-11(4-6-12)14(17)21/h3-8,10H,1-2H3,(H2,17,21)(H,20,22)/t10-/m0/s1. The quantitative estimate of drug-likeness (QED) is 0.791. The predicted octanol–water partition coefficient (Wildman–Crippen LogP) is 1.07. The second-order valence-corrected chi connectivity index (χ2v) is 5.02. The molecule has 0 aliphatic heterocycles. The van der Waals surface area contributed by atoms with Gasteiger partial charge in [-0.3, -0.25) is 14.6 Å². The second kappa shape index (κ2) is 7.32. The molecule has 0 aliphatic carbocycles. The van der Waals surface area contributed by atoms with Crippen LogP contribution in [0.1, 0.15) is 33.5 Å². The fraction of sp³-hybridized carbons (Fsp3) is 0.188. The Bertz CT molecular complexity index is 757. The minimum Gasteiger partial charge on any atom is -0.448 e. The van der Waals surface area contributed by atoms with Crippen LogP contribution in [0.4, 0.5) is 5.69 Å². The average Bonchev–Trinajstić information content (AvgIpc) is 2.55. The van der Waals surface area contributed by atoms with Crippen LogP contribution in [0.3, 0.4) is 0 Å². The Morgan fingerprint density at radius 1 is 1.12 bits per heavy atom. The SMILES string of the molecule is Cc1cnc(C(=O)O[C@@H](C)C(=O)Nc2ccc(C(N)=O)cc2)cn1. The number of hydrogen-bond acceptors (Lipinski definition) is 6. The first-order chi connectivity index (χ1) is 11.4. The molecule has 0 saturated carbocycles. The average molecular weight is 328 g/mol. The Morgan fingerprint density at radius 2 is 1.79 bits per heavy atom. The number of benzene rings is 1. The van der Waals surface area contributed by atoms with Gasteiger partial charge in [-0.2, -0.15) is 0 Å². The summed E-state index contributed by atoms with van der Waals surface area (Å²) in [5.41, 5.74) is 6.59. The van der Waals surface area contributed by atoms with E-state index in [1.807, 2.05) is 0 Å². The Hall–Kier alpha value is -3.29. The third-order valence-corrected chi connectivity index (χ3v) is 3.08. The number of carbonyl (C=O) groups is 3. The maximum absolute atomic E-state index is 12.0. The molecule has 24 heavy (non-hydrogen) atoms. The van der Waals surface area contributed by atoms with Gasteiger partial charge in [-0.25, -0.2) is 9.78 Å². The predicted molar refractivity (Wildman–Crippen MR) is 85.2 cm³/mol. The molecule has 0 unspecified atom stereocenters. The van der Waals surface area contributed by atoms with E-state index in [1.54, 1.807) is 6.92 Å². The van der Waals surface area contributed by atoms with Crippen molar-refractivity contribution < 1.29 is 19.1 Å². The highest BCUT2D eigenvalue weighted by Gasteiger charge is 2.20. The highest BCUT2D eigenvalue weighted by Crippen LogP contribution is 2.10. The number of aromatic nitrogens is 2. The summed E-state index contributed by atoms with van der Waals surface area (Å²) in [6.45, 7) is 3.17. The molecule has 2 aromatic rings. The number of rotatable bonds is 5. The summed E-state index contributed by atoms with van der Waals surface area (Å²) < 4.78 is 5.04. The fourth-order valence-electron chi connectivity index (χ4n) is 1.73. The van der Waals surface area contributed by atoms with Crippen molar-refractivity contribution in [2.24, 2.45) is 5.73 Å². The van der Waals surface area contributed by atoms with Crippen molar-refractivity contribution in [2.75, 3.05) is 5.32 Å². The molecule has 0 bridgehead atoms. The van der Waals surface area contributed by atoms with E-state index in [4.69, 9.17) is 10.5 Å². The Kier molecular flexibility index (Phi) is 5.20. The van der Waals surface area contributed by atoms with Crippen molar-refractivity contribution in [3.63, 3.8) is 0 Å². The van der Waals surface area contributed by atoms with Crippen molar-refractivity contribution in [3.8, 4) is 0 Å². The number of carbonyl (C=O) groups excluding carboxylic acids is 3. The van der Waals surface area contributed by atoms with Gasteiger partial charge in [0.15, 0.2) is 11.8 Å². The maximum Gasteiger partial charge on any atom is 0.359 e. The van der Waals surface area contributed by atoms with Gasteiger partial charge < -0.3 is 15.8 Å². The van der Waals surface area contributed by atoms with Gasteiger partial charge in [-0.05, 0) is 38.1 Å². The van der Waals surface area contributed by atoms with E-state index >= 15 is 0 Å². The van der Waals surface area contributed by atoms with E-state index in [9.17, 15) is 14.4 Å². The Balaban J connectivity index is 1.95. The van der Waals surface area contributed by atoms with Crippen LogP contribution in [-0.4, -0.2) is 33.9 Å². The van der Waals surface area contributed by atoms with E-state index in [1.165, 1.54) is 43.6 Å². The zero-order chi connectivity index (χ0) is 17.7. The summed E-state index contributed by atoms with van der Waals surface area (Å²) in [7, 11) is 0. The molecular formula is C16H16N4O4. The summed E-state index contributed by atoms with van der Waals surface area (Å²) >= 11 is 0. The molecule has 0 saturated heterocycles. The zero-order valence-electron chi connectivity index (χ0n) is 13.1. The highest BCUT2D eigenvalue weighted by atomic mass is 16.5. The number of hydrogen-bond donors (Lipinski definition) is 2. The lowest BCUT2D eigenvalue weighted by Gasteiger charge is -2.13. The van der Waals surface area contributed by atoms with Crippen molar-refractivity contribution in [2.45, 2.75) is 20.0 Å². The van der Waals surface area contributed by atoms with E-state index in [0.29, 0.717) is 16.9 Å². The van der Waals surface area contributed by atoms with Crippen LogP contribution in [-0.2, 0) is 9.53 Å². The van der Waals surface area contributed by atoms with Gasteiger partial charge >= 0.3 is 5.97 Å². The Labute approximate surface area is 138 Å². The Morgan fingerprint density at radius 3 is 2.33 bits per heavy atom. The highest BCUT2D eigenvalue weighted by molar-refractivity contribution is 5.97. The zero-order valence-corrected chi connectivity index (χ0v) is 13.1. The maximum atomic E-state index is 12.0. The van der Waals surface area contributed by atoms with Gasteiger partial charge in [0.25, 0.3) is 5.91 Å². The van der Waals surface area contributed by atoms with Gasteiger partial charge in [0.1, 0.15) is 0 Å². The molecule has 1 aromatic carbocycles. The first kappa shape index (κ1) is 17.1. The summed E-state index contributed by atoms with van der Waals surface area (Å²) in [5, 5.41) is 2.57. The second-order valence-electron chi connectivity index (χ2n) is 5.02. The largest absolute Gasteiger partial charge is 0.448 e. The summed E-state index contributed by atoms with van der Waals surface area (Å²) in [6, 6.07) is 6.02. The number of primary amides is 1. The van der Waals surface area contributed by atoms with Gasteiger partial charge in [0.05, 0.1) is 11.9 Å². The van der Waals surface area contributed by atoms with Gasteiger partial charge in [0.2, 0.25) is 5.91 Å². The summed E-state index contributed by atoms with van der Waals surface area (Å²) in [5.74, 6) is -1.82. The number of nitrogens with two attached hydrogens (primary N) is 1.